The number of fused-ring (bicyclic) bond motifs is 1. The topological polar surface area (TPSA) is 362 Å². The Labute approximate surface area is 260 Å². The van der Waals surface area contributed by atoms with E-state index in [2.05, 4.69) is 5.32 Å². The van der Waals surface area contributed by atoms with E-state index in [9.17, 15) is 76.3 Å². The minimum Gasteiger partial charge on any atom is -0.394 e. The molecule has 1 saturated carbocycles. The van der Waals surface area contributed by atoms with Crippen molar-refractivity contribution in [3.05, 3.63) is 0 Å². The number of aliphatic hydroxyl groups is 14. The largest absolute Gasteiger partial charge is 0.394 e. The summed E-state index contributed by atoms with van der Waals surface area (Å²) < 4.78 is 27.3. The molecule has 21 nitrogen and oxygen atoms in total. The van der Waals surface area contributed by atoms with Gasteiger partial charge >= 0.3 is 0 Å². The average Bonchev–Trinajstić information content (AvgIpc) is 3.81. The van der Waals surface area contributed by atoms with Crippen LogP contribution in [0.1, 0.15) is 0 Å². The van der Waals surface area contributed by atoms with Crippen LogP contribution in [0.5, 0.6) is 0 Å². The van der Waals surface area contributed by atoms with Crippen molar-refractivity contribution in [3.63, 3.8) is 0 Å². The van der Waals surface area contributed by atoms with Crippen molar-refractivity contribution < 1.29 is 100.0 Å². The maximum atomic E-state index is 11.0. The minimum absolute atomic E-state index is 0.0881. The monoisotopic (exact) mass is 677 g/mol. The lowest BCUT2D eigenvalue weighted by Crippen LogP contribution is -2.71. The van der Waals surface area contributed by atoms with Crippen molar-refractivity contribution >= 4 is 6.29 Å². The Morgan fingerprint density at radius 2 is 1.35 bits per heavy atom. The van der Waals surface area contributed by atoms with Crippen LogP contribution in [0, 0.1) is 0 Å². The van der Waals surface area contributed by atoms with E-state index in [0.29, 0.717) is 0 Å². The molecule has 0 aromatic rings. The molecule has 0 radical (unpaired) electrons. The van der Waals surface area contributed by atoms with Crippen LogP contribution in [0.3, 0.4) is 0 Å². The molecule has 4 rings (SSSR count). The molecule has 0 amide bonds. The van der Waals surface area contributed by atoms with Gasteiger partial charge in [-0.3, -0.25) is 0 Å². The highest BCUT2D eigenvalue weighted by Gasteiger charge is 2.72. The van der Waals surface area contributed by atoms with Crippen molar-refractivity contribution in [2.24, 2.45) is 0 Å². The molecule has 268 valence electrons. The number of aliphatic hydroxyl groups excluding tert-OH is 14. The van der Waals surface area contributed by atoms with Gasteiger partial charge in [-0.25, -0.2) is 0 Å². The van der Waals surface area contributed by atoms with Gasteiger partial charge in [-0.1, -0.05) is 0 Å². The zero-order valence-corrected chi connectivity index (χ0v) is 24.1. The first-order valence-corrected chi connectivity index (χ1v) is 14.5. The van der Waals surface area contributed by atoms with E-state index in [0.717, 1.165) is 0 Å². The van der Waals surface area contributed by atoms with Crippen molar-refractivity contribution in [3.8, 4) is 0 Å². The summed E-state index contributed by atoms with van der Waals surface area (Å²) in [4.78, 5) is 10.9. The second-order valence-electron chi connectivity index (χ2n) is 11.8. The molecule has 0 aromatic carbocycles. The molecule has 4 fully saturated rings. The summed E-state index contributed by atoms with van der Waals surface area (Å²) in [6.45, 7) is -3.53. The highest BCUT2D eigenvalue weighted by molar-refractivity contribution is 5.56. The fourth-order valence-electron chi connectivity index (χ4n) is 6.14. The maximum Gasteiger partial charge on any atom is 0.187 e. The zero-order valence-electron chi connectivity index (χ0n) is 24.1. The standard InChI is InChI=1S/C25H43NO20/c27-1-6(32)12(34)19(7(33)2-28)44-24-18(40)15(37)20(9(4-30)43-24)45-23-17(39)13(35)10(8(3-29)42-23)26-11-14(36)16(38)21(41)25(5-31)22(11)46-25/h1,6-24,26,28-41H,2-5H2/t6-,7+,8+,9+,10+,11+,12+,13-,14-,15+,16+,17+,18+,19+,20+,21-,22+,23+,24+,25-/m0/s1. The van der Waals surface area contributed by atoms with Gasteiger partial charge in [0.05, 0.1) is 38.5 Å². The second kappa shape index (κ2) is 15.2. The number of ether oxygens (including phenoxy) is 5. The number of hydrogen-bond donors (Lipinski definition) is 15. The first-order chi connectivity index (χ1) is 21.7. The summed E-state index contributed by atoms with van der Waals surface area (Å²) in [5, 5.41) is 146. The van der Waals surface area contributed by atoms with Gasteiger partial charge in [0.15, 0.2) is 18.9 Å². The van der Waals surface area contributed by atoms with Crippen LogP contribution in [-0.4, -0.2) is 226 Å². The van der Waals surface area contributed by atoms with Gasteiger partial charge in [0, 0.05) is 0 Å². The third-order valence-corrected chi connectivity index (χ3v) is 8.95. The van der Waals surface area contributed by atoms with E-state index in [1.165, 1.54) is 0 Å². The summed E-state index contributed by atoms with van der Waals surface area (Å²) in [6.07, 6.45) is -30.8. The summed E-state index contributed by atoms with van der Waals surface area (Å²) in [6, 6.07) is -2.61. The lowest BCUT2D eigenvalue weighted by Gasteiger charge is -2.48. The normalized spacial score (nSPS) is 48.6. The van der Waals surface area contributed by atoms with Crippen molar-refractivity contribution in [2.75, 3.05) is 26.4 Å². The van der Waals surface area contributed by atoms with Crippen LogP contribution in [0.15, 0.2) is 0 Å². The smallest absolute Gasteiger partial charge is 0.187 e. The van der Waals surface area contributed by atoms with E-state index < -0.39 is 148 Å². The summed E-state index contributed by atoms with van der Waals surface area (Å²) in [5.41, 5.74) is -1.60. The molecule has 46 heavy (non-hydrogen) atoms. The molecule has 0 bridgehead atoms. The Kier molecular flexibility index (Phi) is 12.4. The number of hydrogen-bond acceptors (Lipinski definition) is 21. The first kappa shape index (κ1) is 37.7. The predicted octanol–water partition coefficient (Wildman–Crippen LogP) is -10.5. The summed E-state index contributed by atoms with van der Waals surface area (Å²) in [5.74, 6) is 0. The fraction of sp³-hybridized carbons (Fsp3) is 0.960. The Bertz CT molecular complexity index is 995. The highest BCUT2D eigenvalue weighted by Crippen LogP contribution is 2.48. The number of rotatable bonds is 14. The number of nitrogens with one attached hydrogen (secondary N) is 1. The highest BCUT2D eigenvalue weighted by atomic mass is 16.7. The molecule has 3 aliphatic heterocycles. The molecule has 0 spiro atoms. The molecule has 21 heteroatoms. The average molecular weight is 678 g/mol. The second-order valence-corrected chi connectivity index (χ2v) is 11.8. The van der Waals surface area contributed by atoms with E-state index in [-0.39, 0.29) is 6.29 Å². The van der Waals surface area contributed by atoms with Gasteiger partial charge in [0.25, 0.3) is 0 Å². The molecule has 3 heterocycles. The third kappa shape index (κ3) is 6.83. The van der Waals surface area contributed by atoms with Gasteiger partial charge in [-0.05, 0) is 0 Å². The Balaban J connectivity index is 1.45. The predicted molar refractivity (Wildman–Crippen MR) is 140 cm³/mol. The molecule has 1 aliphatic carbocycles. The van der Waals surface area contributed by atoms with Crippen LogP contribution < -0.4 is 5.32 Å². The first-order valence-electron chi connectivity index (χ1n) is 14.5. The van der Waals surface area contributed by atoms with Crippen LogP contribution >= 0.6 is 0 Å². The zero-order chi connectivity index (χ0) is 34.2. The lowest BCUT2D eigenvalue weighted by atomic mass is 9.79. The van der Waals surface area contributed by atoms with Gasteiger partial charge in [0.1, 0.15) is 97.2 Å². The van der Waals surface area contributed by atoms with E-state index in [4.69, 9.17) is 23.7 Å². The Morgan fingerprint density at radius 1 is 0.761 bits per heavy atom. The Morgan fingerprint density at radius 3 is 1.91 bits per heavy atom. The molecule has 0 unspecified atom stereocenters. The van der Waals surface area contributed by atoms with Gasteiger partial charge in [-0.15, -0.1) is 0 Å². The third-order valence-electron chi connectivity index (χ3n) is 8.95. The number of aldehydes is 1. The summed E-state index contributed by atoms with van der Waals surface area (Å²) in [7, 11) is 0. The SMILES string of the molecule is O=C[C@H](O)[C@@H](O)[C@H](O[C@H]1O[C@H](CO)[C@@H](O[C@H]2O[C@H](CO)[C@@H](N[C@@H]3[C@H](O)[C@@H](O)[C@H](O)[C@]4(CO)O[C@H]34)[C@H](O)[C@H]2O)[C@H](O)[C@H]1O)[C@H](O)CO. The molecule has 4 aliphatic rings. The Hall–Kier alpha value is -1.13. The van der Waals surface area contributed by atoms with E-state index in [1.54, 1.807) is 0 Å². The lowest BCUT2D eigenvalue weighted by molar-refractivity contribution is -0.363. The van der Waals surface area contributed by atoms with Crippen LogP contribution in [0.25, 0.3) is 0 Å². The van der Waals surface area contributed by atoms with Crippen molar-refractivity contribution in [1.29, 1.82) is 0 Å². The van der Waals surface area contributed by atoms with Crippen LogP contribution in [0.2, 0.25) is 0 Å². The van der Waals surface area contributed by atoms with Crippen LogP contribution in [0.4, 0.5) is 0 Å². The number of carbonyl (C=O) groups is 1. The van der Waals surface area contributed by atoms with Gasteiger partial charge in [0.2, 0.25) is 0 Å². The van der Waals surface area contributed by atoms with Crippen LogP contribution in [-0.2, 0) is 28.5 Å². The molecular formula is C25H43NO20. The van der Waals surface area contributed by atoms with Crippen molar-refractivity contribution in [1.82, 2.24) is 5.32 Å². The minimum atomic E-state index is -2.13. The molecule has 3 saturated heterocycles. The molecule has 20 atom stereocenters. The van der Waals surface area contributed by atoms with Crippen molar-refractivity contribution in [2.45, 2.75) is 122 Å². The maximum absolute atomic E-state index is 11.0. The molecule has 15 N–H and O–H groups in total. The molecule has 0 aromatic heterocycles. The van der Waals surface area contributed by atoms with Gasteiger partial charge < -0.3 is 105 Å². The summed E-state index contributed by atoms with van der Waals surface area (Å²) >= 11 is 0. The van der Waals surface area contributed by atoms with E-state index in [1.807, 2.05) is 0 Å². The molecular weight excluding hydrogens is 634 g/mol. The number of epoxide rings is 1. The fourth-order valence-corrected chi connectivity index (χ4v) is 6.14. The van der Waals surface area contributed by atoms with Gasteiger partial charge in [-0.2, -0.15) is 0 Å². The number of carbonyl (C=O) groups excluding carboxylic acids is 1. The van der Waals surface area contributed by atoms with E-state index >= 15 is 0 Å². The quantitative estimate of drug-likeness (QED) is 0.0599.